The van der Waals surface area contributed by atoms with E-state index in [0.29, 0.717) is 14.9 Å². The summed E-state index contributed by atoms with van der Waals surface area (Å²) < 4.78 is 29.3. The first kappa shape index (κ1) is 15.7. The highest BCUT2D eigenvalue weighted by Gasteiger charge is 2.25. The molecule has 0 saturated heterocycles. The predicted octanol–water partition coefficient (Wildman–Crippen LogP) is 4.82. The highest BCUT2D eigenvalue weighted by Crippen LogP contribution is 2.41. The van der Waals surface area contributed by atoms with Crippen molar-refractivity contribution < 1.29 is 8.42 Å². The zero-order chi connectivity index (χ0) is 15.9. The van der Waals surface area contributed by atoms with E-state index in [0.717, 1.165) is 10.3 Å². The molecule has 0 unspecified atom stereocenters. The van der Waals surface area contributed by atoms with Gasteiger partial charge in [0, 0.05) is 16.6 Å². The van der Waals surface area contributed by atoms with Gasteiger partial charge in [-0.3, -0.25) is 4.72 Å². The monoisotopic (exact) mass is 416 g/mol. The fourth-order valence-electron chi connectivity index (χ4n) is 2.02. The second-order valence-corrected chi connectivity index (χ2v) is 9.00. The molecule has 22 heavy (non-hydrogen) atoms. The van der Waals surface area contributed by atoms with Gasteiger partial charge in [-0.25, -0.2) is 13.4 Å². The number of hydrogen-bond acceptors (Lipinski definition) is 4. The van der Waals surface area contributed by atoms with Gasteiger partial charge in [-0.1, -0.05) is 29.3 Å². The van der Waals surface area contributed by atoms with Gasteiger partial charge >= 0.3 is 0 Å². The lowest BCUT2D eigenvalue weighted by molar-refractivity contribution is 0.602. The highest BCUT2D eigenvalue weighted by molar-refractivity contribution is 9.11. The molecule has 1 N–H and O–H groups in total. The molecule has 8 heteroatoms. The summed E-state index contributed by atoms with van der Waals surface area (Å²) in [7, 11) is -3.77. The Hall–Kier alpha value is -1.15. The van der Waals surface area contributed by atoms with E-state index in [1.165, 1.54) is 11.3 Å². The van der Waals surface area contributed by atoms with Gasteiger partial charge in [-0.2, -0.15) is 0 Å². The highest BCUT2D eigenvalue weighted by atomic mass is 79.9. The van der Waals surface area contributed by atoms with E-state index >= 15 is 0 Å². The van der Waals surface area contributed by atoms with Gasteiger partial charge in [-0.05, 0) is 41.1 Å². The Kier molecular flexibility index (Phi) is 4.15. The summed E-state index contributed by atoms with van der Waals surface area (Å²) in [6, 6.07) is 8.85. The van der Waals surface area contributed by atoms with E-state index in [9.17, 15) is 8.42 Å². The number of pyridine rings is 1. The first-order chi connectivity index (χ1) is 10.4. The van der Waals surface area contributed by atoms with Crippen molar-refractivity contribution in [1.29, 1.82) is 0 Å². The molecular formula is C14H10BrClN2O2S2. The van der Waals surface area contributed by atoms with Crippen molar-refractivity contribution >= 4 is 64.7 Å². The minimum Gasteiger partial charge on any atom is -0.280 e. The molecule has 0 radical (unpaired) electrons. The molecule has 0 aliphatic rings. The van der Waals surface area contributed by atoms with Crippen LogP contribution in [0.25, 0.3) is 10.1 Å². The number of thiophene rings is 1. The average molecular weight is 418 g/mol. The largest absolute Gasteiger partial charge is 0.280 e. The molecule has 114 valence electrons. The number of aryl methyl sites for hydroxylation is 1. The lowest BCUT2D eigenvalue weighted by atomic mass is 10.2. The van der Waals surface area contributed by atoms with Gasteiger partial charge in [0.2, 0.25) is 0 Å². The van der Waals surface area contributed by atoms with E-state index < -0.39 is 10.0 Å². The van der Waals surface area contributed by atoms with Crippen LogP contribution in [-0.4, -0.2) is 13.4 Å². The van der Waals surface area contributed by atoms with Crippen molar-refractivity contribution in [3.63, 3.8) is 0 Å². The number of nitrogens with zero attached hydrogens (tertiary/aromatic N) is 1. The van der Waals surface area contributed by atoms with Crippen LogP contribution in [0, 0.1) is 6.92 Å². The molecule has 0 aliphatic heterocycles. The van der Waals surface area contributed by atoms with Crippen molar-refractivity contribution in [3.05, 3.63) is 51.0 Å². The molecule has 0 atom stereocenters. The number of fused-ring (bicyclic) bond motifs is 1. The van der Waals surface area contributed by atoms with Crippen LogP contribution in [0.1, 0.15) is 5.56 Å². The van der Waals surface area contributed by atoms with Gasteiger partial charge in [0.1, 0.15) is 10.0 Å². The first-order valence-electron chi connectivity index (χ1n) is 6.20. The van der Waals surface area contributed by atoms with Crippen LogP contribution < -0.4 is 4.72 Å². The van der Waals surface area contributed by atoms with Crippen molar-refractivity contribution in [1.82, 2.24) is 4.98 Å². The summed E-state index contributed by atoms with van der Waals surface area (Å²) in [5, 5.41) is 0.601. The summed E-state index contributed by atoms with van der Waals surface area (Å²) >= 11 is 10.7. The van der Waals surface area contributed by atoms with E-state index in [4.69, 9.17) is 11.6 Å². The van der Waals surface area contributed by atoms with Crippen molar-refractivity contribution in [2.75, 3.05) is 4.72 Å². The summed E-state index contributed by atoms with van der Waals surface area (Å²) in [5.74, 6) is 0. The fraction of sp³-hybridized carbons (Fsp3) is 0.0714. The Morgan fingerprint density at radius 3 is 2.59 bits per heavy atom. The number of sulfonamides is 1. The molecule has 2 aromatic heterocycles. The molecule has 1 aromatic carbocycles. The summed E-state index contributed by atoms with van der Waals surface area (Å²) in [5.41, 5.74) is 1.55. The summed E-state index contributed by atoms with van der Waals surface area (Å²) in [6.07, 6.45) is 1.55. The van der Waals surface area contributed by atoms with Crippen LogP contribution in [0.5, 0.6) is 0 Å². The van der Waals surface area contributed by atoms with Crippen LogP contribution >= 0.6 is 38.9 Å². The number of nitrogens with one attached hydrogen (secondary N) is 1. The third-order valence-electron chi connectivity index (χ3n) is 3.04. The number of halogens is 2. The van der Waals surface area contributed by atoms with Crippen LogP contribution in [0.2, 0.25) is 5.15 Å². The van der Waals surface area contributed by atoms with Crippen molar-refractivity contribution in [2.45, 2.75) is 11.8 Å². The Morgan fingerprint density at radius 2 is 1.91 bits per heavy atom. The lowest BCUT2D eigenvalue weighted by Crippen LogP contribution is -2.13. The number of hydrogen-bond donors (Lipinski definition) is 1. The molecular weight excluding hydrogens is 408 g/mol. The normalized spacial score (nSPS) is 11.8. The zero-order valence-electron chi connectivity index (χ0n) is 11.3. The molecule has 0 aliphatic carbocycles. The zero-order valence-corrected chi connectivity index (χ0v) is 15.3. The third-order valence-corrected chi connectivity index (χ3v) is 7.00. The van der Waals surface area contributed by atoms with E-state index in [-0.39, 0.29) is 10.0 Å². The number of rotatable bonds is 3. The minimum absolute atomic E-state index is 0.117. The Balaban J connectivity index is 2.13. The molecule has 0 amide bonds. The van der Waals surface area contributed by atoms with Crippen LogP contribution in [0.4, 0.5) is 5.69 Å². The van der Waals surface area contributed by atoms with E-state index in [1.54, 1.807) is 24.4 Å². The number of aromatic nitrogens is 1. The van der Waals surface area contributed by atoms with Crippen molar-refractivity contribution in [3.8, 4) is 0 Å². The van der Waals surface area contributed by atoms with Gasteiger partial charge in [0.25, 0.3) is 10.0 Å². The molecule has 0 spiro atoms. The maximum Gasteiger partial charge on any atom is 0.264 e. The van der Waals surface area contributed by atoms with Crippen LogP contribution in [0.3, 0.4) is 0 Å². The second kappa shape index (κ2) is 5.81. The molecule has 3 rings (SSSR count). The fourth-order valence-corrected chi connectivity index (χ4v) is 6.32. The molecule has 0 bridgehead atoms. The number of benzene rings is 1. The molecule has 0 saturated carbocycles. The minimum atomic E-state index is -3.77. The molecule has 4 nitrogen and oxygen atoms in total. The Morgan fingerprint density at radius 1 is 1.23 bits per heavy atom. The average Bonchev–Trinajstić information content (AvgIpc) is 2.79. The predicted molar refractivity (Wildman–Crippen MR) is 94.3 cm³/mol. The molecule has 0 fully saturated rings. The second-order valence-electron chi connectivity index (χ2n) is 4.65. The van der Waals surface area contributed by atoms with Crippen molar-refractivity contribution in [2.24, 2.45) is 0 Å². The van der Waals surface area contributed by atoms with Gasteiger partial charge in [-0.15, -0.1) is 11.3 Å². The van der Waals surface area contributed by atoms with Gasteiger partial charge in [0.05, 0.1) is 9.17 Å². The number of anilines is 1. The van der Waals surface area contributed by atoms with Gasteiger partial charge in [0.15, 0.2) is 0 Å². The smallest absolute Gasteiger partial charge is 0.264 e. The maximum atomic E-state index is 12.7. The first-order valence-corrected chi connectivity index (χ1v) is 9.67. The SMILES string of the molecule is Cc1ccc(NS(=O)(=O)c2c(Br)sc3ccnc(Cl)c23)cc1. The Labute approximate surface area is 145 Å². The van der Waals surface area contributed by atoms with Crippen LogP contribution in [0.15, 0.2) is 45.2 Å². The van der Waals surface area contributed by atoms with E-state index in [2.05, 4.69) is 25.6 Å². The lowest BCUT2D eigenvalue weighted by Gasteiger charge is -2.08. The topological polar surface area (TPSA) is 59.1 Å². The molecule has 2 heterocycles. The molecule has 3 aromatic rings. The standard InChI is InChI=1S/C14H10BrClN2O2S2/c1-8-2-4-9(5-3-8)18-22(19,20)12-11-10(21-13(12)15)6-7-17-14(11)16/h2-7,18H,1H3. The van der Waals surface area contributed by atoms with Crippen LogP contribution in [-0.2, 0) is 10.0 Å². The summed E-state index contributed by atoms with van der Waals surface area (Å²) in [4.78, 5) is 4.09. The maximum absolute atomic E-state index is 12.7. The van der Waals surface area contributed by atoms with E-state index in [1.807, 2.05) is 19.1 Å². The third kappa shape index (κ3) is 2.86. The van der Waals surface area contributed by atoms with Gasteiger partial charge < -0.3 is 0 Å². The Bertz CT molecular complexity index is 953. The summed E-state index contributed by atoms with van der Waals surface area (Å²) in [6.45, 7) is 1.94. The quantitative estimate of drug-likeness (QED) is 0.621.